The predicted octanol–water partition coefficient (Wildman–Crippen LogP) is 2.71. The van der Waals surface area contributed by atoms with Crippen molar-refractivity contribution in [2.45, 2.75) is 33.4 Å². The van der Waals surface area contributed by atoms with Gasteiger partial charge < -0.3 is 9.84 Å². The molecular formula is C20H20N6O2. The van der Waals surface area contributed by atoms with Crippen LogP contribution >= 0.6 is 0 Å². The van der Waals surface area contributed by atoms with Crippen molar-refractivity contribution >= 4 is 16.6 Å². The van der Waals surface area contributed by atoms with Gasteiger partial charge in [0.2, 0.25) is 0 Å². The second kappa shape index (κ2) is 7.59. The Hall–Kier alpha value is -3.55. The van der Waals surface area contributed by atoms with Crippen LogP contribution in [0.5, 0.6) is 0 Å². The first-order valence-electron chi connectivity index (χ1n) is 9.10. The number of anilines is 1. The van der Waals surface area contributed by atoms with E-state index in [9.17, 15) is 4.79 Å². The summed E-state index contributed by atoms with van der Waals surface area (Å²) in [5.74, 6) is 2.01. The molecule has 0 spiro atoms. The molecule has 8 heteroatoms. The summed E-state index contributed by atoms with van der Waals surface area (Å²) in [5, 5.41) is 12.9. The van der Waals surface area contributed by atoms with Gasteiger partial charge in [0, 0.05) is 17.5 Å². The molecule has 8 nitrogen and oxygen atoms in total. The highest BCUT2D eigenvalue weighted by Gasteiger charge is 2.09. The number of aromatic nitrogens is 5. The van der Waals surface area contributed by atoms with Gasteiger partial charge in [0.05, 0.1) is 36.1 Å². The quantitative estimate of drug-likeness (QED) is 0.552. The fourth-order valence-electron chi connectivity index (χ4n) is 2.98. The minimum atomic E-state index is -0.141. The summed E-state index contributed by atoms with van der Waals surface area (Å²) in [7, 11) is 0. The van der Waals surface area contributed by atoms with Crippen LogP contribution in [0.15, 0.2) is 51.9 Å². The third-order valence-corrected chi connectivity index (χ3v) is 4.38. The van der Waals surface area contributed by atoms with Crippen LogP contribution in [0.3, 0.4) is 0 Å². The lowest BCUT2D eigenvalue weighted by Gasteiger charge is -2.09. The third kappa shape index (κ3) is 3.75. The largest absolute Gasteiger partial charge is 0.363 e. The highest BCUT2D eigenvalue weighted by atomic mass is 16.5. The molecule has 0 saturated carbocycles. The summed E-state index contributed by atoms with van der Waals surface area (Å²) in [4.78, 5) is 21.5. The smallest absolute Gasteiger partial charge is 0.274 e. The van der Waals surface area contributed by atoms with Gasteiger partial charge in [-0.15, -0.1) is 0 Å². The molecular weight excluding hydrogens is 356 g/mol. The van der Waals surface area contributed by atoms with Crippen molar-refractivity contribution in [1.29, 1.82) is 0 Å². The lowest BCUT2D eigenvalue weighted by Crippen LogP contribution is -2.24. The molecule has 142 valence electrons. The van der Waals surface area contributed by atoms with Crippen molar-refractivity contribution in [1.82, 2.24) is 24.9 Å². The van der Waals surface area contributed by atoms with E-state index in [4.69, 9.17) is 4.52 Å². The molecule has 1 aromatic carbocycles. The average molecular weight is 376 g/mol. The zero-order chi connectivity index (χ0) is 19.5. The Morgan fingerprint density at radius 1 is 1.14 bits per heavy atom. The molecule has 28 heavy (non-hydrogen) atoms. The number of nitrogens with zero attached hydrogens (tertiary/aromatic N) is 5. The van der Waals surface area contributed by atoms with Gasteiger partial charge in [-0.2, -0.15) is 5.10 Å². The molecule has 0 aliphatic carbocycles. The number of rotatable bonds is 6. The van der Waals surface area contributed by atoms with Crippen molar-refractivity contribution in [3.05, 3.63) is 75.9 Å². The van der Waals surface area contributed by atoms with Gasteiger partial charge in [0.25, 0.3) is 5.56 Å². The third-order valence-electron chi connectivity index (χ3n) is 4.38. The van der Waals surface area contributed by atoms with E-state index in [1.165, 1.54) is 4.68 Å². The first-order valence-corrected chi connectivity index (χ1v) is 9.10. The zero-order valence-corrected chi connectivity index (χ0v) is 15.7. The van der Waals surface area contributed by atoms with E-state index < -0.39 is 0 Å². The van der Waals surface area contributed by atoms with Gasteiger partial charge in [-0.05, 0) is 19.4 Å². The van der Waals surface area contributed by atoms with Crippen molar-refractivity contribution in [2.24, 2.45) is 0 Å². The number of hydrogen-bond acceptors (Lipinski definition) is 7. The first-order chi connectivity index (χ1) is 13.6. The SMILES string of the molecule is CCc1cc(CNc2cc(Cn3ncc4ccccc4c3=O)nc(C)n2)on1. The van der Waals surface area contributed by atoms with Crippen LogP contribution in [0.2, 0.25) is 0 Å². The molecule has 0 aliphatic heterocycles. The second-order valence-electron chi connectivity index (χ2n) is 6.48. The van der Waals surface area contributed by atoms with Gasteiger partial charge in [-0.1, -0.05) is 30.3 Å². The molecule has 4 aromatic rings. The van der Waals surface area contributed by atoms with Gasteiger partial charge in [-0.25, -0.2) is 14.6 Å². The molecule has 0 fully saturated rings. The molecule has 0 unspecified atom stereocenters. The minimum Gasteiger partial charge on any atom is -0.363 e. The van der Waals surface area contributed by atoms with Crippen LogP contribution in [0.4, 0.5) is 5.82 Å². The highest BCUT2D eigenvalue weighted by molar-refractivity contribution is 5.80. The normalized spacial score (nSPS) is 11.1. The predicted molar refractivity (Wildman–Crippen MR) is 105 cm³/mol. The van der Waals surface area contributed by atoms with E-state index in [0.717, 1.165) is 23.3 Å². The van der Waals surface area contributed by atoms with Crippen molar-refractivity contribution in [3.8, 4) is 0 Å². The van der Waals surface area contributed by atoms with Crippen LogP contribution in [0.1, 0.15) is 29.9 Å². The van der Waals surface area contributed by atoms with Crippen LogP contribution in [0.25, 0.3) is 10.8 Å². The van der Waals surface area contributed by atoms with Crippen LogP contribution in [-0.4, -0.2) is 24.9 Å². The summed E-state index contributed by atoms with van der Waals surface area (Å²) in [5.41, 5.74) is 1.47. The number of hydrogen-bond donors (Lipinski definition) is 1. The lowest BCUT2D eigenvalue weighted by atomic mass is 10.2. The Labute approximate surface area is 161 Å². The number of aryl methyl sites for hydroxylation is 2. The molecule has 1 N–H and O–H groups in total. The number of nitrogens with one attached hydrogen (secondary N) is 1. The van der Waals surface area contributed by atoms with Gasteiger partial charge in [0.1, 0.15) is 11.6 Å². The Morgan fingerprint density at radius 3 is 2.82 bits per heavy atom. The Morgan fingerprint density at radius 2 is 2.00 bits per heavy atom. The molecule has 4 rings (SSSR count). The standard InChI is InChI=1S/C20H20N6O2/c1-3-15-8-17(28-25-15)11-21-19-9-16(23-13(2)24-19)12-26-20(27)18-7-5-4-6-14(18)10-22-26/h4-10H,3,11-12H2,1-2H3,(H,21,23,24). The van der Waals surface area contributed by atoms with Crippen molar-refractivity contribution in [2.75, 3.05) is 5.32 Å². The fourth-order valence-corrected chi connectivity index (χ4v) is 2.98. The Bertz CT molecular complexity index is 1180. The molecule has 0 radical (unpaired) electrons. The van der Waals surface area contributed by atoms with Crippen LogP contribution in [0, 0.1) is 6.92 Å². The monoisotopic (exact) mass is 376 g/mol. The first kappa shape index (κ1) is 17.8. The second-order valence-corrected chi connectivity index (χ2v) is 6.48. The van der Waals surface area contributed by atoms with Gasteiger partial charge in [-0.3, -0.25) is 4.79 Å². The fraction of sp³-hybridized carbons (Fsp3) is 0.250. The maximum absolute atomic E-state index is 12.7. The molecule has 0 aliphatic rings. The average Bonchev–Trinajstić information content (AvgIpc) is 3.17. The molecule has 0 amide bonds. The van der Waals surface area contributed by atoms with E-state index in [0.29, 0.717) is 29.3 Å². The maximum atomic E-state index is 12.7. The number of fused-ring (bicyclic) bond motifs is 1. The minimum absolute atomic E-state index is 0.141. The van der Waals surface area contributed by atoms with Gasteiger partial charge in [0.15, 0.2) is 5.76 Å². The van der Waals surface area contributed by atoms with Crippen LogP contribution in [-0.2, 0) is 19.5 Å². The van der Waals surface area contributed by atoms with E-state index in [-0.39, 0.29) is 12.1 Å². The topological polar surface area (TPSA) is 98.7 Å². The van der Waals surface area contributed by atoms with Crippen molar-refractivity contribution < 1.29 is 4.52 Å². The molecule has 0 atom stereocenters. The maximum Gasteiger partial charge on any atom is 0.274 e. The molecule has 3 aromatic heterocycles. The highest BCUT2D eigenvalue weighted by Crippen LogP contribution is 2.12. The van der Waals surface area contributed by atoms with Crippen LogP contribution < -0.4 is 10.9 Å². The summed E-state index contributed by atoms with van der Waals surface area (Å²) in [6, 6.07) is 11.1. The lowest BCUT2D eigenvalue weighted by molar-refractivity contribution is 0.382. The Kier molecular flexibility index (Phi) is 4.84. The Balaban J connectivity index is 1.55. The van der Waals surface area contributed by atoms with E-state index in [2.05, 4.69) is 25.5 Å². The van der Waals surface area contributed by atoms with E-state index in [1.807, 2.05) is 44.2 Å². The summed E-state index contributed by atoms with van der Waals surface area (Å²) >= 11 is 0. The number of benzene rings is 1. The molecule has 0 bridgehead atoms. The van der Waals surface area contributed by atoms with E-state index >= 15 is 0 Å². The summed E-state index contributed by atoms with van der Waals surface area (Å²) < 4.78 is 6.69. The molecule has 3 heterocycles. The van der Waals surface area contributed by atoms with E-state index in [1.54, 1.807) is 12.3 Å². The molecule has 0 saturated heterocycles. The summed E-state index contributed by atoms with van der Waals surface area (Å²) in [6.07, 6.45) is 2.52. The van der Waals surface area contributed by atoms with Gasteiger partial charge >= 0.3 is 0 Å². The van der Waals surface area contributed by atoms with Crippen molar-refractivity contribution in [3.63, 3.8) is 0 Å². The zero-order valence-electron chi connectivity index (χ0n) is 15.7. The summed E-state index contributed by atoms with van der Waals surface area (Å²) in [6.45, 7) is 4.58.